The van der Waals surface area contributed by atoms with E-state index in [1.54, 1.807) is 25.2 Å². The minimum atomic E-state index is -0.0254. The van der Waals surface area contributed by atoms with Crippen LogP contribution in [0.3, 0.4) is 0 Å². The van der Waals surface area contributed by atoms with E-state index in [0.29, 0.717) is 12.4 Å². The Morgan fingerprint density at radius 3 is 2.56 bits per heavy atom. The smallest absolute Gasteiger partial charge is 0.254 e. The van der Waals surface area contributed by atoms with Crippen LogP contribution in [0.4, 0.5) is 5.82 Å². The maximum Gasteiger partial charge on any atom is 0.254 e. The molecule has 1 aromatic heterocycles. The summed E-state index contributed by atoms with van der Waals surface area (Å²) >= 11 is 0. The fourth-order valence-electron chi connectivity index (χ4n) is 3.39. The second-order valence-corrected chi connectivity index (χ2v) is 7.06. The van der Waals surface area contributed by atoms with Crippen LogP contribution < -0.4 is 14.4 Å². The highest BCUT2D eigenvalue weighted by atomic mass is 16.7. The van der Waals surface area contributed by atoms with Gasteiger partial charge in [0.25, 0.3) is 5.91 Å². The van der Waals surface area contributed by atoms with Gasteiger partial charge in [-0.2, -0.15) is 0 Å². The molecule has 0 unspecified atom stereocenters. The van der Waals surface area contributed by atoms with Gasteiger partial charge in [-0.1, -0.05) is 6.07 Å². The Hall–Kier alpha value is -2.80. The lowest BCUT2D eigenvalue weighted by atomic mass is 10.1. The molecule has 0 spiro atoms. The Balaban J connectivity index is 1.33. The molecule has 1 saturated heterocycles. The van der Waals surface area contributed by atoms with E-state index in [1.807, 2.05) is 18.2 Å². The second kappa shape index (κ2) is 7.44. The van der Waals surface area contributed by atoms with Crippen LogP contribution in [0.25, 0.3) is 0 Å². The minimum Gasteiger partial charge on any atom is -0.454 e. The van der Waals surface area contributed by atoms with E-state index in [0.717, 1.165) is 50.0 Å². The number of benzene rings is 1. The van der Waals surface area contributed by atoms with Gasteiger partial charge < -0.3 is 19.3 Å². The number of fused-ring (bicyclic) bond motifs is 1. The van der Waals surface area contributed by atoms with E-state index in [1.165, 1.54) is 5.56 Å². The van der Waals surface area contributed by atoms with Crippen molar-refractivity contribution in [3.8, 4) is 11.5 Å². The van der Waals surface area contributed by atoms with Crippen molar-refractivity contribution < 1.29 is 14.3 Å². The molecule has 2 aliphatic rings. The van der Waals surface area contributed by atoms with Crippen LogP contribution in [-0.4, -0.2) is 67.8 Å². The van der Waals surface area contributed by atoms with Crippen molar-refractivity contribution in [3.63, 3.8) is 0 Å². The third-order valence-electron chi connectivity index (χ3n) is 4.94. The standard InChI is InChI=1S/C20H24N4O3/c1-22(2)20(25)16-4-6-19(21-12-16)24-9-7-23(8-10-24)13-15-3-5-17-18(11-15)27-14-26-17/h3-6,11-12H,7-10,13-14H2,1-2H3. The lowest BCUT2D eigenvalue weighted by molar-refractivity contribution is 0.0827. The first-order valence-corrected chi connectivity index (χ1v) is 9.14. The Morgan fingerprint density at radius 1 is 1.07 bits per heavy atom. The molecule has 2 aliphatic heterocycles. The number of carbonyl (C=O) groups excluding carboxylic acids is 1. The number of ether oxygens (including phenoxy) is 2. The molecule has 0 atom stereocenters. The number of hydrogen-bond acceptors (Lipinski definition) is 6. The molecule has 0 aliphatic carbocycles. The maximum atomic E-state index is 12.0. The predicted octanol–water partition coefficient (Wildman–Crippen LogP) is 1.83. The highest BCUT2D eigenvalue weighted by Gasteiger charge is 2.20. The van der Waals surface area contributed by atoms with Gasteiger partial charge in [0.2, 0.25) is 6.79 Å². The topological polar surface area (TPSA) is 58.1 Å². The number of hydrogen-bond donors (Lipinski definition) is 0. The summed E-state index contributed by atoms with van der Waals surface area (Å²) in [6.45, 7) is 4.97. The molecule has 27 heavy (non-hydrogen) atoms. The van der Waals surface area contributed by atoms with Gasteiger partial charge in [0, 0.05) is 53.0 Å². The number of carbonyl (C=O) groups is 1. The molecule has 4 rings (SSSR count). The number of amides is 1. The number of aromatic nitrogens is 1. The lowest BCUT2D eigenvalue weighted by Crippen LogP contribution is -2.46. The first kappa shape index (κ1) is 17.6. The molecular formula is C20H24N4O3. The molecule has 1 amide bonds. The average Bonchev–Trinajstić information content (AvgIpc) is 3.16. The predicted molar refractivity (Wildman–Crippen MR) is 102 cm³/mol. The van der Waals surface area contributed by atoms with Gasteiger partial charge >= 0.3 is 0 Å². The summed E-state index contributed by atoms with van der Waals surface area (Å²) in [5.41, 5.74) is 1.85. The van der Waals surface area contributed by atoms with Crippen LogP contribution in [0.5, 0.6) is 11.5 Å². The summed E-state index contributed by atoms with van der Waals surface area (Å²) in [5.74, 6) is 2.56. The third kappa shape index (κ3) is 3.83. The molecule has 1 fully saturated rings. The number of pyridine rings is 1. The van der Waals surface area contributed by atoms with Crippen molar-refractivity contribution >= 4 is 11.7 Å². The summed E-state index contributed by atoms with van der Waals surface area (Å²) in [6.07, 6.45) is 1.66. The molecule has 2 aromatic rings. The zero-order valence-corrected chi connectivity index (χ0v) is 15.7. The quantitative estimate of drug-likeness (QED) is 0.821. The summed E-state index contributed by atoms with van der Waals surface area (Å²) in [4.78, 5) is 22.7. The van der Waals surface area contributed by atoms with E-state index >= 15 is 0 Å². The van der Waals surface area contributed by atoms with E-state index in [4.69, 9.17) is 9.47 Å². The Bertz CT molecular complexity index is 814. The maximum absolute atomic E-state index is 12.0. The zero-order chi connectivity index (χ0) is 18.8. The van der Waals surface area contributed by atoms with Gasteiger partial charge in [0.15, 0.2) is 11.5 Å². The van der Waals surface area contributed by atoms with Gasteiger partial charge in [-0.15, -0.1) is 0 Å². The Morgan fingerprint density at radius 2 is 1.85 bits per heavy atom. The van der Waals surface area contributed by atoms with Crippen LogP contribution >= 0.6 is 0 Å². The van der Waals surface area contributed by atoms with Crippen LogP contribution in [0.15, 0.2) is 36.5 Å². The molecular weight excluding hydrogens is 344 g/mol. The number of anilines is 1. The number of rotatable bonds is 4. The summed E-state index contributed by atoms with van der Waals surface area (Å²) in [5, 5.41) is 0. The monoisotopic (exact) mass is 368 g/mol. The van der Waals surface area contributed by atoms with Crippen molar-refractivity contribution in [3.05, 3.63) is 47.7 Å². The van der Waals surface area contributed by atoms with Crippen LogP contribution in [0, 0.1) is 0 Å². The molecule has 7 heteroatoms. The Kier molecular flexibility index (Phi) is 4.85. The Labute approximate surface area is 159 Å². The van der Waals surface area contributed by atoms with Crippen molar-refractivity contribution in [2.45, 2.75) is 6.54 Å². The van der Waals surface area contributed by atoms with E-state index in [2.05, 4.69) is 26.9 Å². The third-order valence-corrected chi connectivity index (χ3v) is 4.94. The van der Waals surface area contributed by atoms with E-state index in [9.17, 15) is 4.79 Å². The van der Waals surface area contributed by atoms with Crippen LogP contribution in [0.1, 0.15) is 15.9 Å². The summed E-state index contributed by atoms with van der Waals surface area (Å²) < 4.78 is 10.8. The largest absolute Gasteiger partial charge is 0.454 e. The number of piperazine rings is 1. The molecule has 3 heterocycles. The highest BCUT2D eigenvalue weighted by molar-refractivity contribution is 5.93. The zero-order valence-electron chi connectivity index (χ0n) is 15.7. The van der Waals surface area contributed by atoms with Gasteiger partial charge in [-0.25, -0.2) is 4.98 Å². The van der Waals surface area contributed by atoms with Crippen LogP contribution in [0.2, 0.25) is 0 Å². The van der Waals surface area contributed by atoms with Crippen molar-refractivity contribution in [1.82, 2.24) is 14.8 Å². The fourth-order valence-corrected chi connectivity index (χ4v) is 3.39. The average molecular weight is 368 g/mol. The lowest BCUT2D eigenvalue weighted by Gasteiger charge is -2.35. The van der Waals surface area contributed by atoms with E-state index < -0.39 is 0 Å². The fraction of sp³-hybridized carbons (Fsp3) is 0.400. The molecule has 1 aromatic carbocycles. The highest BCUT2D eigenvalue weighted by Crippen LogP contribution is 2.32. The van der Waals surface area contributed by atoms with Gasteiger partial charge in [-0.05, 0) is 29.8 Å². The van der Waals surface area contributed by atoms with Gasteiger partial charge in [0.1, 0.15) is 5.82 Å². The SMILES string of the molecule is CN(C)C(=O)c1ccc(N2CCN(Cc3ccc4c(c3)OCO4)CC2)nc1. The summed E-state index contributed by atoms with van der Waals surface area (Å²) in [7, 11) is 3.49. The molecule has 142 valence electrons. The first-order chi connectivity index (χ1) is 13.1. The van der Waals surface area contributed by atoms with Crippen LogP contribution in [-0.2, 0) is 6.54 Å². The molecule has 0 radical (unpaired) electrons. The normalized spacial score (nSPS) is 16.4. The molecule has 0 N–H and O–H groups in total. The molecule has 0 saturated carbocycles. The van der Waals surface area contributed by atoms with Gasteiger partial charge in [-0.3, -0.25) is 9.69 Å². The summed E-state index contributed by atoms with van der Waals surface area (Å²) in [6, 6.07) is 9.93. The van der Waals surface area contributed by atoms with E-state index in [-0.39, 0.29) is 5.91 Å². The van der Waals surface area contributed by atoms with Crippen molar-refractivity contribution in [2.24, 2.45) is 0 Å². The number of nitrogens with zero attached hydrogens (tertiary/aromatic N) is 4. The molecule has 0 bridgehead atoms. The molecule has 7 nitrogen and oxygen atoms in total. The second-order valence-electron chi connectivity index (χ2n) is 7.06. The van der Waals surface area contributed by atoms with Gasteiger partial charge in [0.05, 0.1) is 5.56 Å². The minimum absolute atomic E-state index is 0.0254. The van der Waals surface area contributed by atoms with Crippen molar-refractivity contribution in [1.29, 1.82) is 0 Å². The van der Waals surface area contributed by atoms with Crippen molar-refractivity contribution in [2.75, 3.05) is 52.0 Å². The first-order valence-electron chi connectivity index (χ1n) is 9.14.